The van der Waals surface area contributed by atoms with E-state index >= 15 is 0 Å². The fourth-order valence-electron chi connectivity index (χ4n) is 2.09. The van der Waals surface area contributed by atoms with Crippen LogP contribution in [0.5, 0.6) is 0 Å². The van der Waals surface area contributed by atoms with Gasteiger partial charge < -0.3 is 10.6 Å². The summed E-state index contributed by atoms with van der Waals surface area (Å²) in [5.74, 6) is 0. The van der Waals surface area contributed by atoms with Crippen LogP contribution in [0.25, 0.3) is 0 Å². The highest BCUT2D eigenvalue weighted by Crippen LogP contribution is 2.38. The first-order valence-corrected chi connectivity index (χ1v) is 6.48. The van der Waals surface area contributed by atoms with Gasteiger partial charge in [-0.3, -0.25) is 0 Å². The Morgan fingerprint density at radius 2 is 1.89 bits per heavy atom. The zero-order valence-corrected chi connectivity index (χ0v) is 11.6. The van der Waals surface area contributed by atoms with Crippen LogP contribution < -0.4 is 10.6 Å². The van der Waals surface area contributed by atoms with E-state index in [1.54, 1.807) is 11.0 Å². The van der Waals surface area contributed by atoms with Crippen LogP contribution in [-0.2, 0) is 12.7 Å². The molecular weight excluding hydrogens is 253 g/mol. The van der Waals surface area contributed by atoms with Crippen molar-refractivity contribution in [3.05, 3.63) is 29.3 Å². The van der Waals surface area contributed by atoms with Crippen molar-refractivity contribution in [2.75, 3.05) is 11.4 Å². The van der Waals surface area contributed by atoms with Crippen LogP contribution in [0.2, 0.25) is 0 Å². The van der Waals surface area contributed by atoms with Crippen LogP contribution in [0.1, 0.15) is 38.3 Å². The van der Waals surface area contributed by atoms with Gasteiger partial charge in [-0.15, -0.1) is 0 Å². The first kappa shape index (κ1) is 15.8. The van der Waals surface area contributed by atoms with E-state index < -0.39 is 11.7 Å². The van der Waals surface area contributed by atoms with E-state index in [2.05, 4.69) is 0 Å². The maximum Gasteiger partial charge on any atom is 0.418 e. The van der Waals surface area contributed by atoms with Gasteiger partial charge in [0, 0.05) is 24.8 Å². The number of rotatable bonds is 5. The Labute approximate surface area is 112 Å². The van der Waals surface area contributed by atoms with Crippen molar-refractivity contribution >= 4 is 5.69 Å². The van der Waals surface area contributed by atoms with Crippen LogP contribution in [0, 0.1) is 0 Å². The fourth-order valence-corrected chi connectivity index (χ4v) is 2.09. The predicted octanol–water partition coefficient (Wildman–Crippen LogP) is 3.79. The molecule has 0 bridgehead atoms. The lowest BCUT2D eigenvalue weighted by molar-refractivity contribution is -0.137. The van der Waals surface area contributed by atoms with Gasteiger partial charge in [0.15, 0.2) is 0 Å². The third-order valence-electron chi connectivity index (χ3n) is 3.00. The van der Waals surface area contributed by atoms with E-state index in [-0.39, 0.29) is 18.3 Å². The van der Waals surface area contributed by atoms with Crippen molar-refractivity contribution in [2.24, 2.45) is 5.73 Å². The Morgan fingerprint density at radius 3 is 2.32 bits per heavy atom. The standard InChI is InChI=1S/C14H21F3N2/c1-4-7-19(10(2)3)13-6-5-11(9-18)8-12(13)14(15,16)17/h5-6,8,10H,4,7,9,18H2,1-3H3. The van der Waals surface area contributed by atoms with E-state index in [4.69, 9.17) is 5.73 Å². The van der Waals surface area contributed by atoms with E-state index in [0.29, 0.717) is 12.1 Å². The molecule has 108 valence electrons. The quantitative estimate of drug-likeness (QED) is 0.885. The summed E-state index contributed by atoms with van der Waals surface area (Å²) in [5, 5.41) is 0. The molecule has 0 aliphatic carbocycles. The van der Waals surface area contributed by atoms with E-state index in [0.717, 1.165) is 12.5 Å². The van der Waals surface area contributed by atoms with Gasteiger partial charge in [-0.2, -0.15) is 13.2 Å². The van der Waals surface area contributed by atoms with Gasteiger partial charge >= 0.3 is 6.18 Å². The molecule has 5 heteroatoms. The summed E-state index contributed by atoms with van der Waals surface area (Å²) in [6, 6.07) is 4.36. The number of hydrogen-bond donors (Lipinski definition) is 1. The first-order chi connectivity index (χ1) is 8.81. The Hall–Kier alpha value is -1.23. The molecule has 0 saturated heterocycles. The van der Waals surface area contributed by atoms with Crippen molar-refractivity contribution in [3.8, 4) is 0 Å². The molecular formula is C14H21F3N2. The molecule has 0 aromatic heterocycles. The number of halogens is 3. The average Bonchev–Trinajstić information content (AvgIpc) is 2.34. The number of benzene rings is 1. The van der Waals surface area contributed by atoms with Crippen molar-refractivity contribution in [2.45, 2.75) is 46.0 Å². The third-order valence-corrected chi connectivity index (χ3v) is 3.00. The minimum absolute atomic E-state index is 0.0183. The highest BCUT2D eigenvalue weighted by molar-refractivity contribution is 5.57. The highest BCUT2D eigenvalue weighted by atomic mass is 19.4. The Balaban J connectivity index is 3.32. The summed E-state index contributed by atoms with van der Waals surface area (Å²) in [6.07, 6.45) is -3.56. The van der Waals surface area contributed by atoms with Crippen molar-refractivity contribution in [1.29, 1.82) is 0 Å². The molecule has 1 rings (SSSR count). The highest BCUT2D eigenvalue weighted by Gasteiger charge is 2.35. The second-order valence-electron chi connectivity index (χ2n) is 4.84. The molecule has 2 N–H and O–H groups in total. The smallest absolute Gasteiger partial charge is 0.369 e. The van der Waals surface area contributed by atoms with E-state index in [1.807, 2.05) is 20.8 Å². The molecule has 1 aromatic rings. The average molecular weight is 274 g/mol. The Bertz CT molecular complexity index is 414. The van der Waals surface area contributed by atoms with Gasteiger partial charge in [0.1, 0.15) is 0 Å². The number of alkyl halides is 3. The van der Waals surface area contributed by atoms with Crippen LogP contribution in [-0.4, -0.2) is 12.6 Å². The maximum atomic E-state index is 13.2. The molecule has 0 spiro atoms. The summed E-state index contributed by atoms with van der Waals surface area (Å²) in [6.45, 7) is 6.46. The summed E-state index contributed by atoms with van der Waals surface area (Å²) in [4.78, 5) is 1.78. The molecule has 0 unspecified atom stereocenters. The molecule has 0 aliphatic rings. The summed E-state index contributed by atoms with van der Waals surface area (Å²) < 4.78 is 39.5. The van der Waals surface area contributed by atoms with Gasteiger partial charge in [-0.25, -0.2) is 0 Å². The molecule has 0 aliphatic heterocycles. The molecule has 0 amide bonds. The van der Waals surface area contributed by atoms with Crippen molar-refractivity contribution in [1.82, 2.24) is 0 Å². The van der Waals surface area contributed by atoms with Crippen LogP contribution >= 0.6 is 0 Å². The molecule has 0 saturated carbocycles. The molecule has 0 fully saturated rings. The van der Waals surface area contributed by atoms with Crippen molar-refractivity contribution in [3.63, 3.8) is 0 Å². The zero-order chi connectivity index (χ0) is 14.6. The summed E-state index contributed by atoms with van der Waals surface area (Å²) in [7, 11) is 0. The van der Waals surface area contributed by atoms with Crippen LogP contribution in [0.3, 0.4) is 0 Å². The van der Waals surface area contributed by atoms with Crippen LogP contribution in [0.4, 0.5) is 18.9 Å². The number of nitrogens with two attached hydrogens (primary N) is 1. The zero-order valence-electron chi connectivity index (χ0n) is 11.6. The predicted molar refractivity (Wildman–Crippen MR) is 72.1 cm³/mol. The lowest BCUT2D eigenvalue weighted by atomic mass is 10.1. The van der Waals surface area contributed by atoms with Gasteiger partial charge in [0.05, 0.1) is 5.56 Å². The summed E-state index contributed by atoms with van der Waals surface area (Å²) >= 11 is 0. The van der Waals surface area contributed by atoms with Gasteiger partial charge in [0.25, 0.3) is 0 Å². The fraction of sp³-hybridized carbons (Fsp3) is 0.571. The molecule has 0 radical (unpaired) electrons. The second kappa shape index (κ2) is 6.28. The minimum atomic E-state index is -4.36. The van der Waals surface area contributed by atoms with Gasteiger partial charge in [0.2, 0.25) is 0 Å². The van der Waals surface area contributed by atoms with Crippen molar-refractivity contribution < 1.29 is 13.2 Å². The third kappa shape index (κ3) is 3.86. The lowest BCUT2D eigenvalue weighted by Crippen LogP contribution is -2.33. The Morgan fingerprint density at radius 1 is 1.26 bits per heavy atom. The van der Waals surface area contributed by atoms with Crippen LogP contribution in [0.15, 0.2) is 18.2 Å². The molecule has 19 heavy (non-hydrogen) atoms. The minimum Gasteiger partial charge on any atom is -0.369 e. The second-order valence-corrected chi connectivity index (χ2v) is 4.84. The van der Waals surface area contributed by atoms with Gasteiger partial charge in [-0.05, 0) is 38.0 Å². The van der Waals surface area contributed by atoms with E-state index in [9.17, 15) is 13.2 Å². The number of hydrogen-bond acceptors (Lipinski definition) is 2. The largest absolute Gasteiger partial charge is 0.418 e. The molecule has 0 atom stereocenters. The number of anilines is 1. The van der Waals surface area contributed by atoms with Gasteiger partial charge in [-0.1, -0.05) is 13.0 Å². The molecule has 2 nitrogen and oxygen atoms in total. The summed E-state index contributed by atoms with van der Waals surface area (Å²) in [5.41, 5.74) is 5.56. The lowest BCUT2D eigenvalue weighted by Gasteiger charge is -2.31. The molecule has 1 aromatic carbocycles. The number of nitrogens with zero attached hydrogens (tertiary/aromatic N) is 1. The topological polar surface area (TPSA) is 29.3 Å². The Kier molecular flexibility index (Phi) is 5.23. The monoisotopic (exact) mass is 274 g/mol. The maximum absolute atomic E-state index is 13.2. The SMILES string of the molecule is CCCN(c1ccc(CN)cc1C(F)(F)F)C(C)C. The normalized spacial score (nSPS) is 12.0. The van der Waals surface area contributed by atoms with E-state index in [1.165, 1.54) is 6.07 Å². The molecule has 0 heterocycles. The first-order valence-electron chi connectivity index (χ1n) is 6.48.